The van der Waals surface area contributed by atoms with Crippen LogP contribution in [0.2, 0.25) is 0 Å². The molecule has 1 heterocycles. The van der Waals surface area contributed by atoms with Crippen molar-refractivity contribution < 1.29 is 14.3 Å². The molecule has 0 saturated heterocycles. The lowest BCUT2D eigenvalue weighted by Gasteiger charge is -2.19. The molecule has 1 amide bonds. The van der Waals surface area contributed by atoms with Crippen LogP contribution >= 0.6 is 0 Å². The number of hydrogen-bond acceptors (Lipinski definition) is 5. The number of nitriles is 1. The van der Waals surface area contributed by atoms with E-state index in [-0.39, 0.29) is 12.4 Å². The largest absolute Gasteiger partial charge is 0.454 e. The third-order valence-electron chi connectivity index (χ3n) is 4.21. The molecule has 0 unspecified atom stereocenters. The lowest BCUT2D eigenvalue weighted by molar-refractivity contribution is -0.117. The van der Waals surface area contributed by atoms with Crippen LogP contribution in [-0.4, -0.2) is 19.2 Å². The monoisotopic (exact) mass is 363 g/mol. The highest BCUT2D eigenvalue weighted by Gasteiger charge is 2.15. The smallest absolute Gasteiger partial charge is 0.263 e. The van der Waals surface area contributed by atoms with Crippen molar-refractivity contribution in [1.82, 2.24) is 5.32 Å². The van der Waals surface area contributed by atoms with Gasteiger partial charge in [0.25, 0.3) is 5.91 Å². The van der Waals surface area contributed by atoms with E-state index in [2.05, 4.69) is 5.32 Å². The van der Waals surface area contributed by atoms with Gasteiger partial charge in [0.2, 0.25) is 6.79 Å². The standard InChI is InChI=1S/C21H21N3O3/c1-3-24(18-6-4-5-15(2)9-18)13-17(11-22)21(25)23-12-16-7-8-19-20(10-16)27-14-26-19/h4-10,13H,3,12,14H2,1-2H3,(H,23,25)/b17-13-. The molecule has 0 aromatic heterocycles. The second kappa shape index (κ2) is 8.28. The molecule has 3 rings (SSSR count). The molecule has 138 valence electrons. The van der Waals surface area contributed by atoms with Gasteiger partial charge in [-0.15, -0.1) is 0 Å². The van der Waals surface area contributed by atoms with Crippen molar-refractivity contribution in [1.29, 1.82) is 5.26 Å². The lowest BCUT2D eigenvalue weighted by Crippen LogP contribution is -2.26. The van der Waals surface area contributed by atoms with Crippen molar-refractivity contribution in [3.05, 3.63) is 65.4 Å². The van der Waals surface area contributed by atoms with Crippen LogP contribution in [0.3, 0.4) is 0 Å². The topological polar surface area (TPSA) is 74.6 Å². The number of ether oxygens (including phenoxy) is 2. The molecule has 2 aromatic carbocycles. The van der Waals surface area contributed by atoms with Gasteiger partial charge in [-0.1, -0.05) is 18.2 Å². The van der Waals surface area contributed by atoms with E-state index in [0.717, 1.165) is 16.8 Å². The second-order valence-electron chi connectivity index (χ2n) is 6.15. The number of amides is 1. The first kappa shape index (κ1) is 18.3. The highest BCUT2D eigenvalue weighted by molar-refractivity contribution is 5.97. The molecule has 27 heavy (non-hydrogen) atoms. The molecule has 2 aromatic rings. The van der Waals surface area contributed by atoms with Crippen molar-refractivity contribution in [2.45, 2.75) is 20.4 Å². The average Bonchev–Trinajstić information content (AvgIpc) is 3.15. The Balaban J connectivity index is 1.69. The molecule has 1 aliphatic heterocycles. The molecule has 6 nitrogen and oxygen atoms in total. The van der Waals surface area contributed by atoms with E-state index in [1.54, 1.807) is 12.3 Å². The zero-order valence-corrected chi connectivity index (χ0v) is 15.4. The van der Waals surface area contributed by atoms with Crippen LogP contribution in [0, 0.1) is 18.3 Å². The predicted octanol–water partition coefficient (Wildman–Crippen LogP) is 3.27. The number of hydrogen-bond donors (Lipinski definition) is 1. The van der Waals surface area contributed by atoms with Crippen LogP contribution in [0.1, 0.15) is 18.1 Å². The number of carbonyl (C=O) groups excluding carboxylic acids is 1. The molecule has 1 N–H and O–H groups in total. The summed E-state index contributed by atoms with van der Waals surface area (Å²) in [6.45, 7) is 5.12. The normalized spacial score (nSPS) is 12.4. The Bertz CT molecular complexity index is 915. The van der Waals surface area contributed by atoms with E-state index < -0.39 is 5.91 Å². The molecule has 0 spiro atoms. The van der Waals surface area contributed by atoms with Gasteiger partial charge in [-0.2, -0.15) is 5.26 Å². The second-order valence-corrected chi connectivity index (χ2v) is 6.15. The van der Waals surface area contributed by atoms with Gasteiger partial charge in [0.1, 0.15) is 11.6 Å². The van der Waals surface area contributed by atoms with Crippen LogP contribution in [0.4, 0.5) is 5.69 Å². The maximum absolute atomic E-state index is 12.4. The Hall–Kier alpha value is -3.46. The fourth-order valence-electron chi connectivity index (χ4n) is 2.78. The van der Waals surface area contributed by atoms with Gasteiger partial charge in [-0.25, -0.2) is 0 Å². The number of rotatable bonds is 6. The maximum Gasteiger partial charge on any atom is 0.263 e. The molecule has 0 saturated carbocycles. The Kier molecular flexibility index (Phi) is 5.62. The molecule has 0 bridgehead atoms. The number of nitrogens with one attached hydrogen (secondary N) is 1. The predicted molar refractivity (Wildman–Crippen MR) is 102 cm³/mol. The third kappa shape index (κ3) is 4.39. The molecule has 0 fully saturated rings. The fraction of sp³-hybridized carbons (Fsp3) is 0.238. The quantitative estimate of drug-likeness (QED) is 0.630. The van der Waals surface area contributed by atoms with Gasteiger partial charge < -0.3 is 19.7 Å². The van der Waals surface area contributed by atoms with E-state index in [0.29, 0.717) is 24.6 Å². The minimum absolute atomic E-state index is 0.0547. The summed E-state index contributed by atoms with van der Waals surface area (Å²) in [4.78, 5) is 14.3. The molecular weight excluding hydrogens is 342 g/mol. The third-order valence-corrected chi connectivity index (χ3v) is 4.21. The first-order valence-corrected chi connectivity index (χ1v) is 8.72. The van der Waals surface area contributed by atoms with Crippen molar-refractivity contribution in [3.8, 4) is 17.6 Å². The Morgan fingerprint density at radius 2 is 2.07 bits per heavy atom. The van der Waals surface area contributed by atoms with Crippen molar-refractivity contribution in [3.63, 3.8) is 0 Å². The van der Waals surface area contributed by atoms with E-state index >= 15 is 0 Å². The van der Waals surface area contributed by atoms with Crippen molar-refractivity contribution >= 4 is 11.6 Å². The highest BCUT2D eigenvalue weighted by Crippen LogP contribution is 2.32. The van der Waals surface area contributed by atoms with Gasteiger partial charge in [-0.3, -0.25) is 4.79 Å². The molecule has 0 radical (unpaired) electrons. The zero-order valence-electron chi connectivity index (χ0n) is 15.4. The number of carbonyl (C=O) groups is 1. The highest BCUT2D eigenvalue weighted by atomic mass is 16.7. The van der Waals surface area contributed by atoms with E-state index in [4.69, 9.17) is 9.47 Å². The minimum atomic E-state index is -0.415. The average molecular weight is 363 g/mol. The number of anilines is 1. The van der Waals surface area contributed by atoms with Gasteiger partial charge in [-0.05, 0) is 49.2 Å². The summed E-state index contributed by atoms with van der Waals surface area (Å²) in [6.07, 6.45) is 1.59. The summed E-state index contributed by atoms with van der Waals surface area (Å²) in [6, 6.07) is 15.4. The Labute approximate surface area is 158 Å². The first-order chi connectivity index (χ1) is 13.1. The molecule has 0 atom stereocenters. The number of nitrogens with zero attached hydrogens (tertiary/aromatic N) is 2. The van der Waals surface area contributed by atoms with Gasteiger partial charge in [0.05, 0.1) is 0 Å². The van der Waals surface area contributed by atoms with Crippen LogP contribution in [0.15, 0.2) is 54.2 Å². The van der Waals surface area contributed by atoms with Gasteiger partial charge >= 0.3 is 0 Å². The molecule has 1 aliphatic rings. The van der Waals surface area contributed by atoms with E-state index in [1.807, 2.05) is 61.2 Å². The van der Waals surface area contributed by atoms with Crippen molar-refractivity contribution in [2.75, 3.05) is 18.2 Å². The van der Waals surface area contributed by atoms with Crippen LogP contribution in [-0.2, 0) is 11.3 Å². The molecule has 0 aliphatic carbocycles. The maximum atomic E-state index is 12.4. The van der Waals surface area contributed by atoms with Crippen LogP contribution < -0.4 is 19.7 Å². The number of fused-ring (bicyclic) bond motifs is 1. The van der Waals surface area contributed by atoms with E-state index in [1.165, 1.54) is 0 Å². The fourth-order valence-corrected chi connectivity index (χ4v) is 2.78. The first-order valence-electron chi connectivity index (χ1n) is 8.72. The summed E-state index contributed by atoms with van der Waals surface area (Å²) in [5.74, 6) is 0.940. The summed E-state index contributed by atoms with van der Waals surface area (Å²) in [5, 5.41) is 12.2. The number of benzene rings is 2. The van der Waals surface area contributed by atoms with Gasteiger partial charge in [0.15, 0.2) is 11.5 Å². The van der Waals surface area contributed by atoms with E-state index in [9.17, 15) is 10.1 Å². The summed E-state index contributed by atoms with van der Waals surface area (Å²) < 4.78 is 10.6. The van der Waals surface area contributed by atoms with Crippen LogP contribution in [0.5, 0.6) is 11.5 Å². The SMILES string of the molecule is CCN(/C=C(/C#N)C(=O)NCc1ccc2c(c1)OCO2)c1cccc(C)c1. The molecule has 6 heteroatoms. The lowest BCUT2D eigenvalue weighted by atomic mass is 10.2. The van der Waals surface area contributed by atoms with Crippen LogP contribution in [0.25, 0.3) is 0 Å². The Morgan fingerprint density at radius 1 is 1.26 bits per heavy atom. The van der Waals surface area contributed by atoms with Crippen molar-refractivity contribution in [2.24, 2.45) is 0 Å². The van der Waals surface area contributed by atoms with Gasteiger partial charge in [0, 0.05) is 25.0 Å². The summed E-state index contributed by atoms with van der Waals surface area (Å²) in [7, 11) is 0. The molecular formula is C21H21N3O3. The zero-order chi connectivity index (χ0) is 19.2. The minimum Gasteiger partial charge on any atom is -0.454 e. The summed E-state index contributed by atoms with van der Waals surface area (Å²) >= 11 is 0. The summed E-state index contributed by atoms with van der Waals surface area (Å²) in [5.41, 5.74) is 2.98. The Morgan fingerprint density at radius 3 is 2.81 bits per heavy atom. The number of aryl methyl sites for hydroxylation is 1.